The molecule has 0 aliphatic carbocycles. The van der Waals surface area contributed by atoms with Crippen molar-refractivity contribution in [2.75, 3.05) is 26.2 Å². The van der Waals surface area contributed by atoms with Gasteiger partial charge in [-0.1, -0.05) is 29.8 Å². The Morgan fingerprint density at radius 3 is 2.81 bits per heavy atom. The molecule has 1 N–H and O–H groups in total. The van der Waals surface area contributed by atoms with Gasteiger partial charge in [0.15, 0.2) is 0 Å². The first kappa shape index (κ1) is 18.2. The van der Waals surface area contributed by atoms with Gasteiger partial charge in [-0.2, -0.15) is 0 Å². The lowest BCUT2D eigenvalue weighted by atomic mass is 9.73. The van der Waals surface area contributed by atoms with Crippen molar-refractivity contribution in [3.63, 3.8) is 0 Å². The van der Waals surface area contributed by atoms with Gasteiger partial charge in [0, 0.05) is 56.3 Å². The molecular weight excluding hydrogens is 336 g/mol. The molecule has 5 heteroatoms. The Morgan fingerprint density at radius 1 is 1.19 bits per heavy atom. The van der Waals surface area contributed by atoms with Crippen molar-refractivity contribution < 1.29 is 4.79 Å². The van der Waals surface area contributed by atoms with Gasteiger partial charge in [-0.3, -0.25) is 9.69 Å². The lowest BCUT2D eigenvalue weighted by molar-refractivity contribution is -0.139. The van der Waals surface area contributed by atoms with E-state index in [4.69, 9.17) is 0 Å². The first-order chi connectivity index (χ1) is 13.1. The average Bonchev–Trinajstić information content (AvgIpc) is 3.19. The summed E-state index contributed by atoms with van der Waals surface area (Å²) in [5.41, 5.74) is 4.07. The van der Waals surface area contributed by atoms with Crippen LogP contribution in [0.25, 0.3) is 0 Å². The van der Waals surface area contributed by atoms with E-state index < -0.39 is 0 Å². The number of amides is 1. The summed E-state index contributed by atoms with van der Waals surface area (Å²) >= 11 is 0. The number of likely N-dealkylation sites (tertiary alicyclic amines) is 2. The number of rotatable bonds is 5. The van der Waals surface area contributed by atoms with Gasteiger partial charge in [0.2, 0.25) is 5.91 Å². The van der Waals surface area contributed by atoms with Gasteiger partial charge >= 0.3 is 0 Å². The van der Waals surface area contributed by atoms with Crippen molar-refractivity contribution in [3.05, 3.63) is 53.6 Å². The van der Waals surface area contributed by atoms with Gasteiger partial charge in [-0.05, 0) is 38.3 Å². The molecule has 5 nitrogen and oxygen atoms in total. The third kappa shape index (κ3) is 4.41. The summed E-state index contributed by atoms with van der Waals surface area (Å²) in [5.74, 6) is 0.316. The molecule has 2 fully saturated rings. The van der Waals surface area contributed by atoms with Crippen molar-refractivity contribution >= 4 is 5.91 Å². The van der Waals surface area contributed by atoms with Gasteiger partial charge < -0.3 is 9.88 Å². The summed E-state index contributed by atoms with van der Waals surface area (Å²) in [6.07, 6.45) is 8.62. The minimum atomic E-state index is 0.269. The third-order valence-corrected chi connectivity index (χ3v) is 6.22. The van der Waals surface area contributed by atoms with Gasteiger partial charge in [0.1, 0.15) is 0 Å². The van der Waals surface area contributed by atoms with Gasteiger partial charge in [-0.25, -0.2) is 4.98 Å². The Balaban J connectivity index is 1.38. The van der Waals surface area contributed by atoms with Crippen LogP contribution in [0.3, 0.4) is 0 Å². The summed E-state index contributed by atoms with van der Waals surface area (Å²) < 4.78 is 0. The Bertz CT molecular complexity index is 755. The Kier molecular flexibility index (Phi) is 5.30. The number of hydrogen-bond donors (Lipinski definition) is 1. The van der Waals surface area contributed by atoms with Crippen LogP contribution in [0.15, 0.2) is 36.8 Å². The second-order valence-electron chi connectivity index (χ2n) is 8.44. The number of carbonyl (C=O) groups is 1. The molecule has 1 aromatic carbocycles. The largest absolute Gasteiger partial charge is 0.348 e. The molecule has 27 heavy (non-hydrogen) atoms. The molecule has 0 saturated carbocycles. The maximum absolute atomic E-state index is 12.5. The molecule has 0 unspecified atom stereocenters. The number of aromatic amines is 1. The molecule has 144 valence electrons. The minimum absolute atomic E-state index is 0.269. The fraction of sp³-hybridized carbons (Fsp3) is 0.545. The molecule has 1 atom stereocenters. The Hall–Kier alpha value is -2.14. The molecule has 2 aliphatic heterocycles. The first-order valence-corrected chi connectivity index (χ1v) is 10.1. The van der Waals surface area contributed by atoms with E-state index in [0.717, 1.165) is 51.3 Å². The van der Waals surface area contributed by atoms with E-state index in [0.29, 0.717) is 12.3 Å². The number of piperidine rings is 2. The Labute approximate surface area is 161 Å². The molecular formula is C22H30N4O. The normalized spacial score (nSPS) is 23.9. The second kappa shape index (κ2) is 7.85. The fourth-order valence-electron chi connectivity index (χ4n) is 4.71. The van der Waals surface area contributed by atoms with Crippen LogP contribution in [0.5, 0.6) is 0 Å². The van der Waals surface area contributed by atoms with Gasteiger partial charge in [0.05, 0.1) is 6.33 Å². The summed E-state index contributed by atoms with van der Waals surface area (Å²) in [7, 11) is 0. The first-order valence-electron chi connectivity index (χ1n) is 10.1. The zero-order chi connectivity index (χ0) is 18.7. The Morgan fingerprint density at radius 2 is 2.04 bits per heavy atom. The molecule has 2 aromatic rings. The molecule has 1 amide bonds. The predicted molar refractivity (Wildman–Crippen MR) is 106 cm³/mol. The average molecular weight is 367 g/mol. The van der Waals surface area contributed by atoms with Gasteiger partial charge in [0.25, 0.3) is 0 Å². The van der Waals surface area contributed by atoms with Crippen LogP contribution in [-0.2, 0) is 17.8 Å². The lowest BCUT2D eigenvalue weighted by Gasteiger charge is -2.48. The third-order valence-electron chi connectivity index (χ3n) is 6.22. The molecule has 1 spiro atoms. The number of nitrogens with zero attached hydrogens (tertiary/aromatic N) is 3. The van der Waals surface area contributed by atoms with Crippen LogP contribution in [0, 0.1) is 12.3 Å². The smallest absolute Gasteiger partial charge is 0.222 e. The molecule has 0 bridgehead atoms. The van der Waals surface area contributed by atoms with Crippen molar-refractivity contribution in [2.24, 2.45) is 5.41 Å². The number of aromatic nitrogens is 2. The number of H-pyrrole nitrogens is 1. The van der Waals surface area contributed by atoms with Gasteiger partial charge in [-0.15, -0.1) is 0 Å². The van der Waals surface area contributed by atoms with Crippen LogP contribution < -0.4 is 0 Å². The summed E-state index contributed by atoms with van der Waals surface area (Å²) in [6, 6.07) is 8.90. The SMILES string of the molecule is Cc1ccc(CN2CCC[C@]3(CCC(=O)N(CCc4cnc[nH]4)C3)C2)cc1. The van der Waals surface area contributed by atoms with Crippen molar-refractivity contribution in [3.8, 4) is 0 Å². The monoisotopic (exact) mass is 366 g/mol. The molecule has 0 radical (unpaired) electrons. The predicted octanol–water partition coefficient (Wildman–Crippen LogP) is 3.17. The molecule has 3 heterocycles. The number of carbonyl (C=O) groups excluding carboxylic acids is 1. The highest BCUT2D eigenvalue weighted by atomic mass is 16.2. The number of imidazole rings is 1. The van der Waals surface area contributed by atoms with E-state index in [1.165, 1.54) is 24.0 Å². The number of nitrogens with one attached hydrogen (secondary N) is 1. The second-order valence-corrected chi connectivity index (χ2v) is 8.44. The highest BCUT2D eigenvalue weighted by Crippen LogP contribution is 2.39. The van der Waals surface area contributed by atoms with Crippen LogP contribution in [0.4, 0.5) is 0 Å². The highest BCUT2D eigenvalue weighted by molar-refractivity contribution is 5.77. The van der Waals surface area contributed by atoms with Crippen molar-refractivity contribution in [2.45, 2.75) is 45.6 Å². The van der Waals surface area contributed by atoms with E-state index in [1.807, 2.05) is 6.20 Å². The lowest BCUT2D eigenvalue weighted by Crippen LogP contribution is -2.54. The standard InChI is InChI=1S/C22H30N4O/c1-18-3-5-19(6-4-18)14-25-11-2-9-22(15-25)10-7-21(27)26(16-22)12-8-20-13-23-17-24-20/h3-6,13,17H,2,7-12,14-16H2,1H3,(H,23,24)/t22-/m0/s1. The zero-order valence-corrected chi connectivity index (χ0v) is 16.3. The summed E-state index contributed by atoms with van der Waals surface area (Å²) in [6.45, 7) is 7.12. The van der Waals surface area contributed by atoms with E-state index >= 15 is 0 Å². The maximum Gasteiger partial charge on any atom is 0.222 e. The number of benzene rings is 1. The van der Waals surface area contributed by atoms with Crippen LogP contribution >= 0.6 is 0 Å². The van der Waals surface area contributed by atoms with Crippen molar-refractivity contribution in [1.29, 1.82) is 0 Å². The van der Waals surface area contributed by atoms with E-state index in [-0.39, 0.29) is 5.41 Å². The maximum atomic E-state index is 12.5. The van der Waals surface area contributed by atoms with Crippen LogP contribution in [0.2, 0.25) is 0 Å². The quantitative estimate of drug-likeness (QED) is 0.884. The molecule has 1 aromatic heterocycles. The number of hydrogen-bond acceptors (Lipinski definition) is 3. The van der Waals surface area contributed by atoms with E-state index in [1.54, 1.807) is 6.33 Å². The van der Waals surface area contributed by atoms with E-state index in [2.05, 4.69) is 51.0 Å². The van der Waals surface area contributed by atoms with Crippen molar-refractivity contribution in [1.82, 2.24) is 19.8 Å². The summed E-state index contributed by atoms with van der Waals surface area (Å²) in [5, 5.41) is 0. The number of aryl methyl sites for hydroxylation is 1. The topological polar surface area (TPSA) is 52.2 Å². The highest BCUT2D eigenvalue weighted by Gasteiger charge is 2.41. The van der Waals surface area contributed by atoms with E-state index in [9.17, 15) is 4.79 Å². The summed E-state index contributed by atoms with van der Waals surface area (Å²) in [4.78, 5) is 24.4. The van der Waals surface area contributed by atoms with Crippen LogP contribution in [-0.4, -0.2) is 51.9 Å². The molecule has 2 aliphatic rings. The van der Waals surface area contributed by atoms with Crippen LogP contribution in [0.1, 0.15) is 42.5 Å². The zero-order valence-electron chi connectivity index (χ0n) is 16.3. The molecule has 2 saturated heterocycles. The minimum Gasteiger partial charge on any atom is -0.348 e. The molecule has 4 rings (SSSR count). The fourth-order valence-corrected chi connectivity index (χ4v) is 4.71.